The number of amides is 2. The molecule has 0 radical (unpaired) electrons. The molecule has 0 saturated carbocycles. The van der Waals surface area contributed by atoms with Crippen molar-refractivity contribution in [3.05, 3.63) is 96.1 Å². The van der Waals surface area contributed by atoms with E-state index < -0.39 is 11.9 Å². The molecule has 1 unspecified atom stereocenters. The summed E-state index contributed by atoms with van der Waals surface area (Å²) in [5.41, 5.74) is 1.95. The standard InChI is InChI=1S/C25H21F2N3O2S/c26-18-8-6-17(7-9-18)14-15-29-22(16-23(31)28-20-12-10-19(27)11-13-20)24(32)30(25(29)33)21-4-2-1-3-5-21/h1-13,22H,14-16H2,(H,28,31). The number of hydrogen-bond acceptors (Lipinski definition) is 3. The van der Waals surface area contributed by atoms with E-state index >= 15 is 0 Å². The Morgan fingerprint density at radius 1 is 0.909 bits per heavy atom. The topological polar surface area (TPSA) is 52.7 Å². The number of nitrogens with zero attached hydrogens (tertiary/aromatic N) is 2. The lowest BCUT2D eigenvalue weighted by molar-refractivity contribution is -0.124. The maximum absolute atomic E-state index is 13.3. The van der Waals surface area contributed by atoms with Gasteiger partial charge in [0.05, 0.1) is 12.1 Å². The fourth-order valence-corrected chi connectivity index (χ4v) is 4.14. The molecule has 4 rings (SSSR count). The predicted octanol–water partition coefficient (Wildman–Crippen LogP) is 4.54. The van der Waals surface area contributed by atoms with Crippen LogP contribution in [0.25, 0.3) is 0 Å². The van der Waals surface area contributed by atoms with Crippen LogP contribution in [0, 0.1) is 11.6 Å². The lowest BCUT2D eigenvalue weighted by Crippen LogP contribution is -2.39. The van der Waals surface area contributed by atoms with Crippen LogP contribution >= 0.6 is 12.2 Å². The van der Waals surface area contributed by atoms with E-state index in [1.807, 2.05) is 18.2 Å². The largest absolute Gasteiger partial charge is 0.336 e. The normalized spacial score (nSPS) is 15.8. The van der Waals surface area contributed by atoms with Crippen molar-refractivity contribution in [3.8, 4) is 0 Å². The molecule has 1 N–H and O–H groups in total. The van der Waals surface area contributed by atoms with E-state index in [2.05, 4.69) is 5.32 Å². The number of benzene rings is 3. The van der Waals surface area contributed by atoms with Gasteiger partial charge in [-0.1, -0.05) is 30.3 Å². The Kier molecular flexibility index (Phi) is 6.74. The fraction of sp³-hybridized carbons (Fsp3) is 0.160. The molecule has 0 aliphatic carbocycles. The first-order chi connectivity index (χ1) is 15.9. The molecule has 3 aromatic rings. The minimum Gasteiger partial charge on any atom is -0.336 e. The van der Waals surface area contributed by atoms with Gasteiger partial charge in [-0.05, 0) is 72.7 Å². The van der Waals surface area contributed by atoms with Crippen LogP contribution in [0.1, 0.15) is 12.0 Å². The summed E-state index contributed by atoms with van der Waals surface area (Å²) in [6, 6.07) is 19.8. The van der Waals surface area contributed by atoms with Crippen molar-refractivity contribution in [2.75, 3.05) is 16.8 Å². The van der Waals surface area contributed by atoms with E-state index in [-0.39, 0.29) is 24.1 Å². The highest BCUT2D eigenvalue weighted by molar-refractivity contribution is 7.80. The lowest BCUT2D eigenvalue weighted by Gasteiger charge is -2.24. The molecular weight excluding hydrogens is 444 g/mol. The number of rotatable bonds is 7. The molecule has 1 atom stereocenters. The first kappa shape index (κ1) is 22.5. The zero-order valence-corrected chi connectivity index (χ0v) is 18.4. The molecule has 0 aromatic heterocycles. The van der Waals surface area contributed by atoms with Crippen molar-refractivity contribution in [1.29, 1.82) is 0 Å². The third-order valence-corrected chi connectivity index (χ3v) is 5.81. The van der Waals surface area contributed by atoms with Crippen LogP contribution in [0.3, 0.4) is 0 Å². The van der Waals surface area contributed by atoms with Gasteiger partial charge in [-0.25, -0.2) is 8.78 Å². The second-order valence-electron chi connectivity index (χ2n) is 7.64. The summed E-state index contributed by atoms with van der Waals surface area (Å²) in [7, 11) is 0. The van der Waals surface area contributed by atoms with Crippen LogP contribution in [0.5, 0.6) is 0 Å². The van der Waals surface area contributed by atoms with Crippen molar-refractivity contribution in [3.63, 3.8) is 0 Å². The third kappa shape index (κ3) is 5.23. The van der Waals surface area contributed by atoms with E-state index in [0.717, 1.165) is 5.56 Å². The molecule has 2 amide bonds. The van der Waals surface area contributed by atoms with Gasteiger partial charge in [-0.2, -0.15) is 0 Å². The Morgan fingerprint density at radius 3 is 2.15 bits per heavy atom. The van der Waals surface area contributed by atoms with Gasteiger partial charge < -0.3 is 10.2 Å². The van der Waals surface area contributed by atoms with Crippen LogP contribution in [-0.2, 0) is 16.0 Å². The highest BCUT2D eigenvalue weighted by atomic mass is 32.1. The molecule has 168 valence electrons. The quantitative estimate of drug-likeness (QED) is 0.521. The van der Waals surface area contributed by atoms with Gasteiger partial charge in [0.25, 0.3) is 5.91 Å². The molecule has 0 bridgehead atoms. The zero-order valence-electron chi connectivity index (χ0n) is 17.6. The second-order valence-corrected chi connectivity index (χ2v) is 8.00. The first-order valence-corrected chi connectivity index (χ1v) is 10.8. The fourth-order valence-electron chi connectivity index (χ4n) is 3.72. The smallest absolute Gasteiger partial charge is 0.256 e. The molecule has 1 aliphatic heterocycles. The van der Waals surface area contributed by atoms with Gasteiger partial charge in [0.1, 0.15) is 17.7 Å². The van der Waals surface area contributed by atoms with Crippen LogP contribution in [0.15, 0.2) is 78.9 Å². The van der Waals surface area contributed by atoms with Crippen LogP contribution < -0.4 is 10.2 Å². The molecule has 1 heterocycles. The molecule has 33 heavy (non-hydrogen) atoms. The highest BCUT2D eigenvalue weighted by Gasteiger charge is 2.43. The summed E-state index contributed by atoms with van der Waals surface area (Å²) in [5.74, 6) is -1.41. The van der Waals surface area contributed by atoms with Crippen molar-refractivity contribution in [2.45, 2.75) is 18.9 Å². The highest BCUT2D eigenvalue weighted by Crippen LogP contribution is 2.27. The van der Waals surface area contributed by atoms with Gasteiger partial charge in [0.15, 0.2) is 5.11 Å². The first-order valence-electron chi connectivity index (χ1n) is 10.4. The second kappa shape index (κ2) is 9.87. The summed E-state index contributed by atoms with van der Waals surface area (Å²) in [6.45, 7) is 0.383. The van der Waals surface area contributed by atoms with Crippen molar-refractivity contribution in [1.82, 2.24) is 4.90 Å². The van der Waals surface area contributed by atoms with Gasteiger partial charge >= 0.3 is 0 Å². The van der Waals surface area contributed by atoms with Gasteiger partial charge in [-0.3, -0.25) is 14.5 Å². The summed E-state index contributed by atoms with van der Waals surface area (Å²) in [5, 5.41) is 3.01. The number of halogens is 2. The molecule has 1 aliphatic rings. The molecule has 1 saturated heterocycles. The van der Waals surface area contributed by atoms with Crippen LogP contribution in [0.4, 0.5) is 20.2 Å². The Hall–Kier alpha value is -3.65. The molecule has 3 aromatic carbocycles. The third-order valence-electron chi connectivity index (χ3n) is 5.39. The average molecular weight is 466 g/mol. The number of anilines is 2. The lowest BCUT2D eigenvalue weighted by atomic mass is 10.1. The molecule has 0 spiro atoms. The molecular formula is C25H21F2N3O2S. The zero-order chi connectivity index (χ0) is 23.4. The molecule has 5 nitrogen and oxygen atoms in total. The molecule has 8 heteroatoms. The van der Waals surface area contributed by atoms with E-state index in [9.17, 15) is 18.4 Å². The number of hydrogen-bond donors (Lipinski definition) is 1. The SMILES string of the molecule is O=C(CC1C(=O)N(c2ccccc2)C(=S)N1CCc1ccc(F)cc1)Nc1ccc(F)cc1. The van der Waals surface area contributed by atoms with Crippen molar-refractivity contribution < 1.29 is 18.4 Å². The van der Waals surface area contributed by atoms with E-state index in [4.69, 9.17) is 12.2 Å². The average Bonchev–Trinajstić information content (AvgIpc) is 3.04. The number of thiocarbonyl (C=S) groups is 1. The monoisotopic (exact) mass is 465 g/mol. The summed E-state index contributed by atoms with van der Waals surface area (Å²) < 4.78 is 26.4. The van der Waals surface area contributed by atoms with E-state index in [0.29, 0.717) is 29.5 Å². The van der Waals surface area contributed by atoms with Gasteiger partial charge in [0, 0.05) is 12.2 Å². The van der Waals surface area contributed by atoms with Crippen LogP contribution in [-0.4, -0.2) is 34.4 Å². The number of carbonyl (C=O) groups excluding carboxylic acids is 2. The minimum atomic E-state index is -0.793. The summed E-state index contributed by atoms with van der Waals surface area (Å²) in [6.07, 6.45) is 0.398. The van der Waals surface area contributed by atoms with Crippen molar-refractivity contribution in [2.24, 2.45) is 0 Å². The number of nitrogens with one attached hydrogen (secondary N) is 1. The van der Waals surface area contributed by atoms with Gasteiger partial charge in [-0.15, -0.1) is 0 Å². The summed E-state index contributed by atoms with van der Waals surface area (Å²) in [4.78, 5) is 29.2. The van der Waals surface area contributed by atoms with Crippen molar-refractivity contribution >= 4 is 40.5 Å². The number of carbonyl (C=O) groups is 2. The maximum Gasteiger partial charge on any atom is 0.256 e. The van der Waals surface area contributed by atoms with Gasteiger partial charge in [0.2, 0.25) is 5.91 Å². The Labute approximate surface area is 195 Å². The van der Waals surface area contributed by atoms with Crippen LogP contribution in [0.2, 0.25) is 0 Å². The Balaban J connectivity index is 1.54. The maximum atomic E-state index is 13.3. The van der Waals surface area contributed by atoms with E-state index in [1.165, 1.54) is 41.3 Å². The van der Waals surface area contributed by atoms with E-state index in [1.54, 1.807) is 29.2 Å². The number of para-hydroxylation sites is 1. The minimum absolute atomic E-state index is 0.122. The Bertz CT molecular complexity index is 1150. The molecule has 1 fully saturated rings. The Morgan fingerprint density at radius 2 is 1.52 bits per heavy atom. The summed E-state index contributed by atoms with van der Waals surface area (Å²) >= 11 is 5.63. The predicted molar refractivity (Wildman–Crippen MR) is 127 cm³/mol.